The van der Waals surface area contributed by atoms with Gasteiger partial charge >= 0.3 is 17.9 Å². The molecular weight excluding hydrogens is 721 g/mol. The minimum Gasteiger partial charge on any atom is -0.462 e. The molecule has 6 nitrogen and oxygen atoms in total. The fourth-order valence-corrected chi connectivity index (χ4v) is 6.39. The summed E-state index contributed by atoms with van der Waals surface area (Å²) in [6, 6.07) is 0. The lowest BCUT2D eigenvalue weighted by Gasteiger charge is -2.18. The number of carbonyl (C=O) groups excluding carboxylic acids is 3. The molecule has 0 aliphatic heterocycles. The summed E-state index contributed by atoms with van der Waals surface area (Å²) in [6.07, 6.45) is 57.6. The van der Waals surface area contributed by atoms with Gasteiger partial charge in [0.1, 0.15) is 13.2 Å². The number of hydrogen-bond donors (Lipinski definition) is 0. The summed E-state index contributed by atoms with van der Waals surface area (Å²) in [5.41, 5.74) is 0. The van der Waals surface area contributed by atoms with Crippen molar-refractivity contribution in [1.29, 1.82) is 0 Å². The van der Waals surface area contributed by atoms with Crippen LogP contribution in [-0.4, -0.2) is 37.2 Å². The Hall–Kier alpha value is -3.15. The summed E-state index contributed by atoms with van der Waals surface area (Å²) in [6.45, 7) is 6.40. The van der Waals surface area contributed by atoms with Crippen molar-refractivity contribution in [3.63, 3.8) is 0 Å². The van der Waals surface area contributed by atoms with Crippen molar-refractivity contribution in [2.75, 3.05) is 13.2 Å². The van der Waals surface area contributed by atoms with Crippen LogP contribution in [0.3, 0.4) is 0 Å². The predicted molar refractivity (Wildman–Crippen MR) is 247 cm³/mol. The summed E-state index contributed by atoms with van der Waals surface area (Å²) < 4.78 is 16.6. The van der Waals surface area contributed by atoms with Gasteiger partial charge in [0.05, 0.1) is 6.42 Å². The lowest BCUT2D eigenvalue weighted by molar-refractivity contribution is -0.166. The van der Waals surface area contributed by atoms with Gasteiger partial charge in [0.2, 0.25) is 0 Å². The highest BCUT2D eigenvalue weighted by Crippen LogP contribution is 2.14. The van der Waals surface area contributed by atoms with Crippen molar-refractivity contribution in [3.8, 4) is 0 Å². The van der Waals surface area contributed by atoms with Crippen molar-refractivity contribution >= 4 is 17.9 Å². The third-order valence-corrected chi connectivity index (χ3v) is 9.98. The number of ether oxygens (including phenoxy) is 3. The average Bonchev–Trinajstić information content (AvgIpc) is 3.22. The molecule has 332 valence electrons. The largest absolute Gasteiger partial charge is 0.462 e. The van der Waals surface area contributed by atoms with Gasteiger partial charge in [0.15, 0.2) is 6.10 Å². The van der Waals surface area contributed by atoms with E-state index in [4.69, 9.17) is 14.2 Å². The van der Waals surface area contributed by atoms with Gasteiger partial charge in [-0.25, -0.2) is 0 Å². The second-order valence-electron chi connectivity index (χ2n) is 15.7. The molecule has 0 fully saturated rings. The van der Waals surface area contributed by atoms with E-state index in [1.807, 2.05) is 6.08 Å². The van der Waals surface area contributed by atoms with Gasteiger partial charge in [-0.1, -0.05) is 203 Å². The maximum absolute atomic E-state index is 12.7. The Bertz CT molecular complexity index is 1110. The van der Waals surface area contributed by atoms with Crippen LogP contribution in [0.4, 0.5) is 0 Å². The molecule has 0 aromatic rings. The van der Waals surface area contributed by atoms with E-state index in [1.54, 1.807) is 6.08 Å². The standard InChI is InChI=1S/C52H88O6/c1-4-7-10-13-16-19-22-25-26-28-30-33-36-39-42-45-51(54)57-48-49(47-56-50(53)44-41-38-35-32-29-24-21-18-15-12-9-6-3)58-52(55)46-43-40-37-34-31-27-23-20-17-14-11-8-5-2/h7,10,16,19-20,23,25-26,30,33,39,42,49H,4-6,8-9,11-15,17-18,21-22,24,27-29,31-32,34-38,40-41,43-48H2,1-3H3/b10-7-,19-16-,23-20-,26-25-,33-30-,42-39-. The van der Waals surface area contributed by atoms with Gasteiger partial charge in [-0.2, -0.15) is 0 Å². The van der Waals surface area contributed by atoms with Crippen LogP contribution in [0.2, 0.25) is 0 Å². The van der Waals surface area contributed by atoms with E-state index >= 15 is 0 Å². The van der Waals surface area contributed by atoms with Crippen LogP contribution in [0.25, 0.3) is 0 Å². The Kier molecular flexibility index (Phi) is 44.0. The molecule has 0 heterocycles. The van der Waals surface area contributed by atoms with Gasteiger partial charge < -0.3 is 14.2 Å². The first-order valence-corrected chi connectivity index (χ1v) is 23.9. The molecule has 6 heteroatoms. The SMILES string of the molecule is CC/C=C\C/C=C\C/C=C\C/C=C\C/C=C\CC(=O)OCC(COC(=O)CCCCCCCCCCCCCC)OC(=O)CCCCCCC/C=C\CCCCCC. The van der Waals surface area contributed by atoms with E-state index in [2.05, 4.69) is 81.5 Å². The molecule has 0 amide bonds. The molecule has 0 aromatic carbocycles. The molecule has 0 aliphatic carbocycles. The monoisotopic (exact) mass is 809 g/mol. The van der Waals surface area contributed by atoms with E-state index in [0.717, 1.165) is 83.5 Å². The minimum absolute atomic E-state index is 0.107. The molecule has 58 heavy (non-hydrogen) atoms. The van der Waals surface area contributed by atoms with Crippen LogP contribution >= 0.6 is 0 Å². The zero-order valence-electron chi connectivity index (χ0n) is 37.8. The van der Waals surface area contributed by atoms with Gasteiger partial charge in [-0.05, 0) is 70.6 Å². The van der Waals surface area contributed by atoms with Gasteiger partial charge in [0, 0.05) is 12.8 Å². The highest BCUT2D eigenvalue weighted by atomic mass is 16.6. The summed E-state index contributed by atoms with van der Waals surface area (Å²) in [5, 5.41) is 0. The number of rotatable bonds is 42. The molecule has 0 rings (SSSR count). The highest BCUT2D eigenvalue weighted by molar-refractivity contribution is 5.72. The van der Waals surface area contributed by atoms with Crippen LogP contribution < -0.4 is 0 Å². The van der Waals surface area contributed by atoms with Crippen LogP contribution in [0.1, 0.15) is 220 Å². The van der Waals surface area contributed by atoms with E-state index in [-0.39, 0.29) is 31.6 Å². The fraction of sp³-hybridized carbons (Fsp3) is 0.712. The number of esters is 3. The molecule has 0 saturated heterocycles. The quantitative estimate of drug-likeness (QED) is 0.0264. The molecule has 0 saturated carbocycles. The lowest BCUT2D eigenvalue weighted by Crippen LogP contribution is -2.30. The number of carbonyl (C=O) groups is 3. The lowest BCUT2D eigenvalue weighted by atomic mass is 10.0. The average molecular weight is 809 g/mol. The smallest absolute Gasteiger partial charge is 0.309 e. The van der Waals surface area contributed by atoms with Crippen molar-refractivity contribution in [3.05, 3.63) is 72.9 Å². The predicted octanol–water partition coefficient (Wildman–Crippen LogP) is 15.5. The Morgan fingerprint density at radius 1 is 0.379 bits per heavy atom. The molecule has 0 aromatic heterocycles. The van der Waals surface area contributed by atoms with E-state index in [0.29, 0.717) is 12.8 Å². The summed E-state index contributed by atoms with van der Waals surface area (Å²) in [5.74, 6) is -1.05. The third-order valence-electron chi connectivity index (χ3n) is 9.98. The van der Waals surface area contributed by atoms with Crippen molar-refractivity contribution in [2.24, 2.45) is 0 Å². The summed E-state index contributed by atoms with van der Waals surface area (Å²) in [7, 11) is 0. The Balaban J connectivity index is 4.52. The highest BCUT2D eigenvalue weighted by Gasteiger charge is 2.19. The Morgan fingerprint density at radius 3 is 1.21 bits per heavy atom. The Morgan fingerprint density at radius 2 is 0.741 bits per heavy atom. The van der Waals surface area contributed by atoms with Gasteiger partial charge in [-0.3, -0.25) is 14.4 Å². The molecule has 1 unspecified atom stereocenters. The van der Waals surface area contributed by atoms with E-state index in [9.17, 15) is 14.4 Å². The number of hydrogen-bond acceptors (Lipinski definition) is 6. The van der Waals surface area contributed by atoms with Crippen molar-refractivity contribution < 1.29 is 28.6 Å². The first-order valence-electron chi connectivity index (χ1n) is 23.9. The van der Waals surface area contributed by atoms with Gasteiger partial charge in [-0.15, -0.1) is 0 Å². The molecule has 1 atom stereocenters. The summed E-state index contributed by atoms with van der Waals surface area (Å²) >= 11 is 0. The summed E-state index contributed by atoms with van der Waals surface area (Å²) in [4.78, 5) is 37.8. The number of unbranched alkanes of at least 4 members (excludes halogenated alkanes) is 20. The topological polar surface area (TPSA) is 78.9 Å². The first kappa shape index (κ1) is 54.9. The maximum atomic E-state index is 12.7. The minimum atomic E-state index is -0.815. The van der Waals surface area contributed by atoms with Crippen molar-refractivity contribution in [1.82, 2.24) is 0 Å². The van der Waals surface area contributed by atoms with Crippen molar-refractivity contribution in [2.45, 2.75) is 226 Å². The van der Waals surface area contributed by atoms with E-state index in [1.165, 1.54) is 96.3 Å². The molecule has 0 aliphatic rings. The Labute approximate surface area is 357 Å². The van der Waals surface area contributed by atoms with E-state index < -0.39 is 12.1 Å². The van der Waals surface area contributed by atoms with Crippen LogP contribution in [0, 0.1) is 0 Å². The third kappa shape index (κ3) is 44.0. The van der Waals surface area contributed by atoms with Gasteiger partial charge in [0.25, 0.3) is 0 Å². The number of allylic oxidation sites excluding steroid dienone is 11. The zero-order chi connectivity index (χ0) is 42.3. The first-order chi connectivity index (χ1) is 28.5. The van der Waals surface area contributed by atoms with Crippen LogP contribution in [-0.2, 0) is 28.6 Å². The van der Waals surface area contributed by atoms with Crippen LogP contribution in [0.15, 0.2) is 72.9 Å². The maximum Gasteiger partial charge on any atom is 0.309 e. The molecule has 0 N–H and O–H groups in total. The molecular formula is C52H88O6. The fourth-order valence-electron chi connectivity index (χ4n) is 6.39. The molecule has 0 spiro atoms. The van der Waals surface area contributed by atoms with Crippen LogP contribution in [0.5, 0.6) is 0 Å². The second kappa shape index (κ2) is 46.5. The molecule has 0 radical (unpaired) electrons. The second-order valence-corrected chi connectivity index (χ2v) is 15.7. The normalized spacial score (nSPS) is 12.7. The molecule has 0 bridgehead atoms. The zero-order valence-corrected chi connectivity index (χ0v) is 37.8.